The van der Waals surface area contributed by atoms with Crippen LogP contribution in [0.3, 0.4) is 0 Å². The van der Waals surface area contributed by atoms with Crippen LogP contribution < -0.4 is 29.6 Å². The summed E-state index contributed by atoms with van der Waals surface area (Å²) in [4.78, 5) is -0.364. The van der Waals surface area contributed by atoms with Gasteiger partial charge in [0.25, 0.3) is 0 Å². The molecular formula is C12H5Br4N2NaO3S. The van der Waals surface area contributed by atoms with Crippen molar-refractivity contribution in [3.8, 4) is 0 Å². The molecule has 0 heterocycles. The summed E-state index contributed by atoms with van der Waals surface area (Å²) < 4.78 is 35.4. The topological polar surface area (TPSA) is 81.9 Å². The van der Waals surface area contributed by atoms with Crippen molar-refractivity contribution in [1.29, 1.82) is 0 Å². The molecule has 2 aromatic rings. The fourth-order valence-corrected chi connectivity index (χ4v) is 5.77. The molecule has 2 aromatic carbocycles. The summed E-state index contributed by atoms with van der Waals surface area (Å²) in [7, 11) is -4.59. The molecular weight excluding hydrogens is 595 g/mol. The van der Waals surface area contributed by atoms with Crippen molar-refractivity contribution in [1.82, 2.24) is 0 Å². The Hall–Kier alpha value is 0.870. The van der Waals surface area contributed by atoms with Crippen molar-refractivity contribution in [3.05, 3.63) is 48.2 Å². The maximum Gasteiger partial charge on any atom is 1.00 e. The Kier molecular flexibility index (Phi) is 8.57. The van der Waals surface area contributed by atoms with Crippen LogP contribution >= 0.6 is 63.7 Å². The first-order chi connectivity index (χ1) is 10.2. The zero-order valence-corrected chi connectivity index (χ0v) is 20.6. The van der Waals surface area contributed by atoms with Crippen molar-refractivity contribution in [2.24, 2.45) is 10.2 Å². The summed E-state index contributed by atoms with van der Waals surface area (Å²) in [5.74, 6) is 0. The molecule has 0 N–H and O–H groups in total. The summed E-state index contributed by atoms with van der Waals surface area (Å²) >= 11 is 12.8. The molecule has 0 aliphatic carbocycles. The van der Waals surface area contributed by atoms with E-state index in [-0.39, 0.29) is 43.4 Å². The van der Waals surface area contributed by atoms with Gasteiger partial charge >= 0.3 is 29.6 Å². The fourth-order valence-electron chi connectivity index (χ4n) is 1.56. The van der Waals surface area contributed by atoms with E-state index in [1.54, 1.807) is 12.1 Å². The zero-order valence-electron chi connectivity index (χ0n) is 11.4. The molecule has 5 nitrogen and oxygen atoms in total. The second-order valence-corrected chi connectivity index (χ2v) is 8.88. The van der Waals surface area contributed by atoms with Gasteiger partial charge in [-0.2, -0.15) is 10.2 Å². The minimum atomic E-state index is -4.59. The first-order valence-electron chi connectivity index (χ1n) is 5.49. The second-order valence-electron chi connectivity index (χ2n) is 4.02. The molecule has 0 saturated heterocycles. The molecule has 11 heteroatoms. The Morgan fingerprint density at radius 3 is 1.57 bits per heavy atom. The third-order valence-corrected chi connectivity index (χ3v) is 5.99. The standard InChI is InChI=1S/C12H6Br4N2O3S.Na/c13-6-1-7(14)3-8(2-6)17-18-9-4-10(15)12(11(16)5-9)22(19,20)21;/h1-5H,(H,19,20,21);/q;+1/p-1. The van der Waals surface area contributed by atoms with Crippen LogP contribution in [-0.4, -0.2) is 13.0 Å². The van der Waals surface area contributed by atoms with Gasteiger partial charge in [-0.05, 0) is 62.2 Å². The molecule has 116 valence electrons. The summed E-state index contributed by atoms with van der Waals surface area (Å²) in [5.41, 5.74) is 0.997. The number of halogens is 4. The average molecular weight is 600 g/mol. The third kappa shape index (κ3) is 6.27. The molecule has 23 heavy (non-hydrogen) atoms. The van der Waals surface area contributed by atoms with Crippen molar-refractivity contribution in [3.63, 3.8) is 0 Å². The van der Waals surface area contributed by atoms with Crippen LogP contribution in [0.4, 0.5) is 11.4 Å². The molecule has 0 fully saturated rings. The largest absolute Gasteiger partial charge is 1.00 e. The van der Waals surface area contributed by atoms with Crippen LogP contribution in [0.25, 0.3) is 0 Å². The smallest absolute Gasteiger partial charge is 0.744 e. The maximum absolute atomic E-state index is 11.2. The van der Waals surface area contributed by atoms with E-state index in [1.165, 1.54) is 12.1 Å². The predicted octanol–water partition coefficient (Wildman–Crippen LogP) is 3.06. The molecule has 0 saturated carbocycles. The van der Waals surface area contributed by atoms with Crippen molar-refractivity contribution in [2.75, 3.05) is 0 Å². The number of benzene rings is 2. The van der Waals surface area contributed by atoms with Gasteiger partial charge in [0.05, 0.1) is 16.3 Å². The van der Waals surface area contributed by atoms with Crippen LogP contribution in [0.1, 0.15) is 0 Å². The quantitative estimate of drug-likeness (QED) is 0.309. The van der Waals surface area contributed by atoms with Crippen LogP contribution in [0.5, 0.6) is 0 Å². The van der Waals surface area contributed by atoms with Gasteiger partial charge in [0.1, 0.15) is 10.1 Å². The van der Waals surface area contributed by atoms with Gasteiger partial charge < -0.3 is 4.55 Å². The summed E-state index contributed by atoms with van der Waals surface area (Å²) in [6, 6.07) is 8.22. The molecule has 0 unspecified atom stereocenters. The van der Waals surface area contributed by atoms with Gasteiger partial charge in [-0.1, -0.05) is 31.9 Å². The second kappa shape index (κ2) is 9.00. The molecule has 2 rings (SSSR count). The summed E-state index contributed by atoms with van der Waals surface area (Å²) in [6.07, 6.45) is 0. The number of nitrogens with zero attached hydrogens (tertiary/aromatic N) is 2. The Labute approximate surface area is 188 Å². The fraction of sp³-hybridized carbons (Fsp3) is 0. The average Bonchev–Trinajstić information content (AvgIpc) is 2.32. The van der Waals surface area contributed by atoms with E-state index in [1.807, 2.05) is 6.07 Å². The Morgan fingerprint density at radius 1 is 0.783 bits per heavy atom. The summed E-state index contributed by atoms with van der Waals surface area (Å²) in [5, 5.41) is 8.10. The van der Waals surface area contributed by atoms with Gasteiger partial charge in [0, 0.05) is 17.9 Å². The summed E-state index contributed by atoms with van der Waals surface area (Å²) in [6.45, 7) is 0. The van der Waals surface area contributed by atoms with E-state index in [4.69, 9.17) is 0 Å². The number of azo groups is 1. The van der Waals surface area contributed by atoms with Crippen LogP contribution in [0.2, 0.25) is 0 Å². The molecule has 0 atom stereocenters. The number of hydrogen-bond acceptors (Lipinski definition) is 5. The molecule has 0 spiro atoms. The zero-order chi connectivity index (χ0) is 16.5. The van der Waals surface area contributed by atoms with Crippen LogP contribution in [0.15, 0.2) is 63.3 Å². The van der Waals surface area contributed by atoms with Gasteiger partial charge in [-0.3, -0.25) is 0 Å². The maximum atomic E-state index is 11.2. The van der Waals surface area contributed by atoms with E-state index in [0.29, 0.717) is 11.4 Å². The van der Waals surface area contributed by atoms with E-state index in [0.717, 1.165) is 8.95 Å². The van der Waals surface area contributed by atoms with Crippen LogP contribution in [0, 0.1) is 0 Å². The van der Waals surface area contributed by atoms with Gasteiger partial charge in [0.15, 0.2) is 0 Å². The molecule has 0 aliphatic rings. The Morgan fingerprint density at radius 2 is 1.17 bits per heavy atom. The normalized spacial score (nSPS) is 11.5. The van der Waals surface area contributed by atoms with E-state index < -0.39 is 10.1 Å². The molecule has 0 aliphatic heterocycles. The van der Waals surface area contributed by atoms with Gasteiger partial charge in [-0.15, -0.1) is 0 Å². The minimum absolute atomic E-state index is 0. The Balaban J connectivity index is 0.00000264. The number of rotatable bonds is 3. The molecule has 0 radical (unpaired) electrons. The SMILES string of the molecule is O=S(=O)([O-])c1c(Br)cc(N=Nc2cc(Br)cc(Br)c2)cc1Br.[Na+]. The predicted molar refractivity (Wildman–Crippen MR) is 95.8 cm³/mol. The van der Waals surface area contributed by atoms with Crippen molar-refractivity contribution in [2.45, 2.75) is 4.90 Å². The Bertz CT molecular complexity index is 831. The third-order valence-electron chi connectivity index (χ3n) is 2.36. The monoisotopic (exact) mass is 596 g/mol. The first-order valence-corrected chi connectivity index (χ1v) is 10.1. The van der Waals surface area contributed by atoms with Gasteiger partial charge in [-0.25, -0.2) is 8.42 Å². The molecule has 0 bridgehead atoms. The van der Waals surface area contributed by atoms with E-state index >= 15 is 0 Å². The first kappa shape index (κ1) is 21.9. The van der Waals surface area contributed by atoms with Crippen molar-refractivity contribution < 1.29 is 42.5 Å². The molecule has 0 amide bonds. The number of hydrogen-bond donors (Lipinski definition) is 0. The van der Waals surface area contributed by atoms with E-state index in [2.05, 4.69) is 73.9 Å². The minimum Gasteiger partial charge on any atom is -0.744 e. The van der Waals surface area contributed by atoms with Gasteiger partial charge in [0.2, 0.25) is 0 Å². The molecule has 0 aromatic heterocycles. The van der Waals surface area contributed by atoms with E-state index in [9.17, 15) is 13.0 Å². The van der Waals surface area contributed by atoms with Crippen molar-refractivity contribution >= 4 is 85.2 Å². The van der Waals surface area contributed by atoms with Crippen LogP contribution in [-0.2, 0) is 10.1 Å².